The number of fused-ring (bicyclic) bond motifs is 1. The van der Waals surface area contributed by atoms with Gasteiger partial charge < -0.3 is 10.2 Å². The molecule has 128 valence electrons. The summed E-state index contributed by atoms with van der Waals surface area (Å²) < 4.78 is 1.84. The standard InChI is InChI=1S/C19H21N5O/c25-19(22-18-9-3-7-16-6-1-2-8-17(16)18)23-10-4-5-15(11-23)12-24-14-20-13-21-24/h1-3,6-9,13-15H,4-5,10-12H2,(H,22,25)/t15-/m0/s1. The van der Waals surface area contributed by atoms with E-state index in [1.54, 1.807) is 12.7 Å². The van der Waals surface area contributed by atoms with Gasteiger partial charge in [0, 0.05) is 25.0 Å². The molecule has 0 bridgehead atoms. The number of nitrogens with zero attached hydrogens (tertiary/aromatic N) is 4. The van der Waals surface area contributed by atoms with Crippen LogP contribution >= 0.6 is 0 Å². The second-order valence-electron chi connectivity index (χ2n) is 6.53. The smallest absolute Gasteiger partial charge is 0.321 e. The van der Waals surface area contributed by atoms with Gasteiger partial charge in [-0.25, -0.2) is 9.78 Å². The summed E-state index contributed by atoms with van der Waals surface area (Å²) in [5, 5.41) is 9.45. The molecule has 1 aliphatic rings. The van der Waals surface area contributed by atoms with E-state index in [1.165, 1.54) is 0 Å². The maximum atomic E-state index is 12.7. The second kappa shape index (κ2) is 6.93. The van der Waals surface area contributed by atoms with Crippen LogP contribution in [-0.2, 0) is 6.54 Å². The Hall–Kier alpha value is -2.89. The molecule has 2 heterocycles. The lowest BCUT2D eigenvalue weighted by atomic mass is 9.98. The predicted molar refractivity (Wildman–Crippen MR) is 97.3 cm³/mol. The number of piperidine rings is 1. The molecule has 0 unspecified atom stereocenters. The quantitative estimate of drug-likeness (QED) is 0.798. The van der Waals surface area contributed by atoms with E-state index in [1.807, 2.05) is 39.9 Å². The summed E-state index contributed by atoms with van der Waals surface area (Å²) in [5.74, 6) is 0.411. The molecule has 1 aromatic heterocycles. The van der Waals surface area contributed by atoms with Crippen LogP contribution in [0.2, 0.25) is 0 Å². The average molecular weight is 335 g/mol. The number of rotatable bonds is 3. The number of likely N-dealkylation sites (tertiary alicyclic amines) is 1. The number of carbonyl (C=O) groups excluding carboxylic acids is 1. The van der Waals surface area contributed by atoms with Crippen LogP contribution in [0.1, 0.15) is 12.8 Å². The molecular weight excluding hydrogens is 314 g/mol. The van der Waals surface area contributed by atoms with E-state index >= 15 is 0 Å². The number of benzene rings is 2. The molecule has 1 N–H and O–H groups in total. The number of carbonyl (C=O) groups is 1. The molecule has 1 atom stereocenters. The van der Waals surface area contributed by atoms with E-state index < -0.39 is 0 Å². The van der Waals surface area contributed by atoms with Crippen LogP contribution in [0, 0.1) is 5.92 Å². The summed E-state index contributed by atoms with van der Waals surface area (Å²) in [6.45, 7) is 2.35. The molecule has 2 amide bonds. The van der Waals surface area contributed by atoms with Crippen molar-refractivity contribution in [2.24, 2.45) is 5.92 Å². The van der Waals surface area contributed by atoms with Gasteiger partial charge in [-0.05, 0) is 30.2 Å². The van der Waals surface area contributed by atoms with E-state index in [2.05, 4.69) is 27.5 Å². The summed E-state index contributed by atoms with van der Waals surface area (Å²) in [6, 6.07) is 14.0. The SMILES string of the molecule is O=C(Nc1cccc2ccccc12)N1CCC[C@H](Cn2cncn2)C1. The van der Waals surface area contributed by atoms with Crippen LogP contribution < -0.4 is 5.32 Å². The Balaban J connectivity index is 1.45. The minimum atomic E-state index is -0.0281. The van der Waals surface area contributed by atoms with Gasteiger partial charge in [0.25, 0.3) is 0 Å². The lowest BCUT2D eigenvalue weighted by Crippen LogP contribution is -2.43. The molecule has 6 heteroatoms. The third-order valence-electron chi connectivity index (χ3n) is 4.75. The first-order valence-electron chi connectivity index (χ1n) is 8.66. The molecule has 6 nitrogen and oxygen atoms in total. The normalized spacial score (nSPS) is 17.6. The van der Waals surface area contributed by atoms with Gasteiger partial charge in [-0.3, -0.25) is 4.68 Å². The first-order chi connectivity index (χ1) is 12.3. The lowest BCUT2D eigenvalue weighted by molar-refractivity contribution is 0.168. The summed E-state index contributed by atoms with van der Waals surface area (Å²) in [6.07, 6.45) is 5.41. The van der Waals surface area contributed by atoms with Gasteiger partial charge >= 0.3 is 6.03 Å². The zero-order chi connectivity index (χ0) is 17.1. The summed E-state index contributed by atoms with van der Waals surface area (Å²) in [5.41, 5.74) is 0.862. The zero-order valence-corrected chi connectivity index (χ0v) is 14.0. The van der Waals surface area contributed by atoms with Crippen molar-refractivity contribution in [3.05, 3.63) is 55.1 Å². The van der Waals surface area contributed by atoms with E-state index in [0.29, 0.717) is 5.92 Å². The number of amides is 2. The van der Waals surface area contributed by atoms with Crippen molar-refractivity contribution in [2.45, 2.75) is 19.4 Å². The molecule has 1 saturated heterocycles. The maximum absolute atomic E-state index is 12.7. The van der Waals surface area contributed by atoms with Gasteiger partial charge in [-0.2, -0.15) is 5.10 Å². The second-order valence-corrected chi connectivity index (χ2v) is 6.53. The Kier molecular flexibility index (Phi) is 4.33. The van der Waals surface area contributed by atoms with E-state index in [0.717, 1.165) is 48.9 Å². The van der Waals surface area contributed by atoms with Crippen molar-refractivity contribution in [3.8, 4) is 0 Å². The molecule has 0 radical (unpaired) electrons. The van der Waals surface area contributed by atoms with Crippen LogP contribution in [0.3, 0.4) is 0 Å². The van der Waals surface area contributed by atoms with Crippen molar-refractivity contribution in [1.82, 2.24) is 19.7 Å². The molecule has 2 aromatic carbocycles. The van der Waals surface area contributed by atoms with Crippen LogP contribution in [0.4, 0.5) is 10.5 Å². The minimum absolute atomic E-state index is 0.0281. The molecule has 1 aliphatic heterocycles. The summed E-state index contributed by atoms with van der Waals surface area (Å²) in [4.78, 5) is 18.6. The lowest BCUT2D eigenvalue weighted by Gasteiger charge is -2.32. The molecule has 0 aliphatic carbocycles. The van der Waals surface area contributed by atoms with Crippen LogP contribution in [0.25, 0.3) is 10.8 Å². The van der Waals surface area contributed by atoms with Crippen molar-refractivity contribution in [1.29, 1.82) is 0 Å². The van der Waals surface area contributed by atoms with Gasteiger partial charge in [0.05, 0.1) is 5.69 Å². The number of hydrogen-bond acceptors (Lipinski definition) is 3. The Labute approximate surface area is 146 Å². The predicted octanol–water partition coefficient (Wildman–Crippen LogP) is 3.38. The number of urea groups is 1. The fourth-order valence-corrected chi connectivity index (χ4v) is 3.52. The van der Waals surface area contributed by atoms with E-state index in [9.17, 15) is 4.79 Å². The van der Waals surface area contributed by atoms with Crippen LogP contribution in [0.15, 0.2) is 55.1 Å². The molecule has 1 fully saturated rings. The third-order valence-corrected chi connectivity index (χ3v) is 4.75. The molecule has 3 aromatic rings. The van der Waals surface area contributed by atoms with Gasteiger partial charge in [0.15, 0.2) is 0 Å². The highest BCUT2D eigenvalue weighted by atomic mass is 16.2. The van der Waals surface area contributed by atoms with Crippen molar-refractivity contribution >= 4 is 22.5 Å². The summed E-state index contributed by atoms with van der Waals surface area (Å²) >= 11 is 0. The highest BCUT2D eigenvalue weighted by molar-refractivity contribution is 6.01. The maximum Gasteiger partial charge on any atom is 0.321 e. The Morgan fingerprint density at radius 1 is 1.20 bits per heavy atom. The Morgan fingerprint density at radius 3 is 2.96 bits per heavy atom. The van der Waals surface area contributed by atoms with Gasteiger partial charge in [0.1, 0.15) is 12.7 Å². The number of anilines is 1. The van der Waals surface area contributed by atoms with Gasteiger partial charge in [-0.1, -0.05) is 36.4 Å². The van der Waals surface area contributed by atoms with E-state index in [4.69, 9.17) is 0 Å². The fraction of sp³-hybridized carbons (Fsp3) is 0.316. The molecule has 4 rings (SSSR count). The average Bonchev–Trinajstić information content (AvgIpc) is 3.15. The highest BCUT2D eigenvalue weighted by Crippen LogP contribution is 2.24. The third kappa shape index (κ3) is 3.47. The largest absolute Gasteiger partial charge is 0.324 e. The van der Waals surface area contributed by atoms with Crippen molar-refractivity contribution < 1.29 is 4.79 Å². The Morgan fingerprint density at radius 2 is 2.08 bits per heavy atom. The van der Waals surface area contributed by atoms with Crippen molar-refractivity contribution in [3.63, 3.8) is 0 Å². The molecule has 0 spiro atoms. The highest BCUT2D eigenvalue weighted by Gasteiger charge is 2.24. The molecule has 25 heavy (non-hydrogen) atoms. The van der Waals surface area contributed by atoms with Crippen LogP contribution in [-0.4, -0.2) is 38.8 Å². The first kappa shape index (κ1) is 15.6. The monoisotopic (exact) mass is 335 g/mol. The Bertz CT molecular complexity index is 856. The van der Waals surface area contributed by atoms with E-state index in [-0.39, 0.29) is 6.03 Å². The topological polar surface area (TPSA) is 63.1 Å². The first-order valence-corrected chi connectivity index (χ1v) is 8.66. The molecular formula is C19H21N5O. The van der Waals surface area contributed by atoms with Gasteiger partial charge in [-0.15, -0.1) is 0 Å². The van der Waals surface area contributed by atoms with Gasteiger partial charge in [0.2, 0.25) is 0 Å². The molecule has 0 saturated carbocycles. The number of hydrogen-bond donors (Lipinski definition) is 1. The number of nitrogens with one attached hydrogen (secondary N) is 1. The van der Waals surface area contributed by atoms with Crippen LogP contribution in [0.5, 0.6) is 0 Å². The fourth-order valence-electron chi connectivity index (χ4n) is 3.52. The summed E-state index contributed by atoms with van der Waals surface area (Å²) in [7, 11) is 0. The van der Waals surface area contributed by atoms with Crippen molar-refractivity contribution in [2.75, 3.05) is 18.4 Å². The zero-order valence-electron chi connectivity index (χ0n) is 14.0. The minimum Gasteiger partial charge on any atom is -0.324 e. The number of aromatic nitrogens is 3.